The van der Waals surface area contributed by atoms with E-state index < -0.39 is 5.60 Å². The summed E-state index contributed by atoms with van der Waals surface area (Å²) in [4.78, 5) is 2.40. The van der Waals surface area contributed by atoms with Crippen LogP contribution in [0.2, 0.25) is 0 Å². The fourth-order valence-electron chi connectivity index (χ4n) is 3.19. The SMILES string of the molecule is CCN1CCC(O)(c2ccc3c(c2)COCC3)CC1. The molecule has 3 heteroatoms. The third-order valence-electron chi connectivity index (χ3n) is 4.65. The second-order valence-corrected chi connectivity index (χ2v) is 5.75. The number of ether oxygens (including phenoxy) is 1. The Morgan fingerprint density at radius 3 is 2.79 bits per heavy atom. The fraction of sp³-hybridized carbons (Fsp3) is 0.625. The average Bonchev–Trinajstić information content (AvgIpc) is 2.47. The Bertz CT molecular complexity index is 450. The summed E-state index contributed by atoms with van der Waals surface area (Å²) in [5, 5.41) is 10.9. The van der Waals surface area contributed by atoms with Gasteiger partial charge in [-0.25, -0.2) is 0 Å². The van der Waals surface area contributed by atoms with Gasteiger partial charge in [-0.2, -0.15) is 0 Å². The molecular weight excluding hydrogens is 238 g/mol. The third kappa shape index (κ3) is 2.55. The lowest BCUT2D eigenvalue weighted by atomic mass is 9.83. The van der Waals surface area contributed by atoms with Crippen LogP contribution in [0.5, 0.6) is 0 Å². The Kier molecular flexibility index (Phi) is 3.61. The summed E-state index contributed by atoms with van der Waals surface area (Å²) in [6, 6.07) is 6.46. The highest BCUT2D eigenvalue weighted by Gasteiger charge is 2.34. The van der Waals surface area contributed by atoms with Crippen LogP contribution in [0.4, 0.5) is 0 Å². The van der Waals surface area contributed by atoms with Gasteiger partial charge in [0.1, 0.15) is 0 Å². The number of hydrogen-bond acceptors (Lipinski definition) is 3. The molecule has 0 saturated carbocycles. The van der Waals surface area contributed by atoms with Crippen LogP contribution in [0.1, 0.15) is 36.5 Å². The molecule has 2 heterocycles. The van der Waals surface area contributed by atoms with E-state index in [1.807, 2.05) is 0 Å². The Morgan fingerprint density at radius 2 is 2.05 bits per heavy atom. The minimum atomic E-state index is -0.641. The molecule has 0 spiro atoms. The first-order chi connectivity index (χ1) is 9.21. The second-order valence-electron chi connectivity index (χ2n) is 5.75. The van der Waals surface area contributed by atoms with E-state index >= 15 is 0 Å². The standard InChI is InChI=1S/C16H23NO2/c1-2-17-8-6-16(18,7-9-17)15-4-3-13-5-10-19-12-14(13)11-15/h3-4,11,18H,2,5-10,12H2,1H3. The highest BCUT2D eigenvalue weighted by Crippen LogP contribution is 2.34. The summed E-state index contributed by atoms with van der Waals surface area (Å²) in [5.41, 5.74) is 3.07. The number of nitrogens with zero attached hydrogens (tertiary/aromatic N) is 1. The highest BCUT2D eigenvalue weighted by molar-refractivity contribution is 5.36. The van der Waals surface area contributed by atoms with E-state index in [1.54, 1.807) is 0 Å². The lowest BCUT2D eigenvalue weighted by molar-refractivity contribution is -0.0249. The molecule has 19 heavy (non-hydrogen) atoms. The lowest BCUT2D eigenvalue weighted by Crippen LogP contribution is -2.42. The van der Waals surface area contributed by atoms with Gasteiger partial charge >= 0.3 is 0 Å². The number of piperidine rings is 1. The van der Waals surface area contributed by atoms with Crippen LogP contribution in [-0.4, -0.2) is 36.2 Å². The summed E-state index contributed by atoms with van der Waals surface area (Å²) < 4.78 is 5.52. The van der Waals surface area contributed by atoms with E-state index in [9.17, 15) is 5.11 Å². The molecule has 1 N–H and O–H groups in total. The van der Waals surface area contributed by atoms with Gasteiger partial charge in [-0.1, -0.05) is 25.1 Å². The van der Waals surface area contributed by atoms with Gasteiger partial charge in [0.05, 0.1) is 18.8 Å². The maximum absolute atomic E-state index is 10.9. The summed E-state index contributed by atoms with van der Waals surface area (Å²) in [5.74, 6) is 0. The maximum atomic E-state index is 10.9. The molecule has 1 fully saturated rings. The van der Waals surface area contributed by atoms with Crippen molar-refractivity contribution in [3.63, 3.8) is 0 Å². The van der Waals surface area contributed by atoms with Crippen LogP contribution >= 0.6 is 0 Å². The van der Waals surface area contributed by atoms with Crippen molar-refractivity contribution >= 4 is 0 Å². The van der Waals surface area contributed by atoms with Gasteiger partial charge in [0, 0.05) is 13.1 Å². The van der Waals surface area contributed by atoms with Crippen LogP contribution in [0.25, 0.3) is 0 Å². The summed E-state index contributed by atoms with van der Waals surface area (Å²) >= 11 is 0. The topological polar surface area (TPSA) is 32.7 Å². The molecule has 2 aliphatic rings. The summed E-state index contributed by atoms with van der Waals surface area (Å²) in [6.45, 7) is 6.75. The number of hydrogen-bond donors (Lipinski definition) is 1. The van der Waals surface area contributed by atoms with Gasteiger partial charge in [-0.05, 0) is 42.5 Å². The Hall–Kier alpha value is -0.900. The van der Waals surface area contributed by atoms with E-state index in [1.165, 1.54) is 11.1 Å². The molecule has 1 saturated heterocycles. The van der Waals surface area contributed by atoms with Crippen molar-refractivity contribution < 1.29 is 9.84 Å². The Labute approximate surface area is 115 Å². The zero-order valence-corrected chi connectivity index (χ0v) is 11.7. The second kappa shape index (κ2) is 5.23. The molecule has 0 amide bonds. The van der Waals surface area contributed by atoms with Gasteiger partial charge in [-0.3, -0.25) is 0 Å². The van der Waals surface area contributed by atoms with E-state index in [0.717, 1.165) is 51.1 Å². The zero-order valence-electron chi connectivity index (χ0n) is 11.7. The highest BCUT2D eigenvalue weighted by atomic mass is 16.5. The van der Waals surface area contributed by atoms with Crippen molar-refractivity contribution in [2.75, 3.05) is 26.2 Å². The molecule has 1 aromatic carbocycles. The number of fused-ring (bicyclic) bond motifs is 1. The first kappa shape index (κ1) is 13.1. The molecule has 0 unspecified atom stereocenters. The van der Waals surface area contributed by atoms with Gasteiger partial charge in [0.15, 0.2) is 0 Å². The molecule has 0 atom stereocenters. The number of likely N-dealkylation sites (tertiary alicyclic amines) is 1. The Balaban J connectivity index is 1.81. The van der Waals surface area contributed by atoms with Crippen molar-refractivity contribution in [1.29, 1.82) is 0 Å². The molecule has 1 aromatic rings. The zero-order chi connectivity index (χ0) is 13.3. The van der Waals surface area contributed by atoms with Crippen LogP contribution < -0.4 is 0 Å². The number of benzene rings is 1. The van der Waals surface area contributed by atoms with Crippen LogP contribution in [0, 0.1) is 0 Å². The van der Waals surface area contributed by atoms with E-state index in [0.29, 0.717) is 6.61 Å². The molecule has 0 aliphatic carbocycles. The third-order valence-corrected chi connectivity index (χ3v) is 4.65. The average molecular weight is 261 g/mol. The molecule has 2 aliphatic heterocycles. The minimum absolute atomic E-state index is 0.641. The Morgan fingerprint density at radius 1 is 1.26 bits per heavy atom. The summed E-state index contributed by atoms with van der Waals surface area (Å²) in [7, 11) is 0. The van der Waals surface area contributed by atoms with Crippen molar-refractivity contribution in [2.45, 2.75) is 38.4 Å². The molecule has 104 valence electrons. The van der Waals surface area contributed by atoms with Gasteiger partial charge in [-0.15, -0.1) is 0 Å². The fourth-order valence-corrected chi connectivity index (χ4v) is 3.19. The van der Waals surface area contributed by atoms with Crippen molar-refractivity contribution in [1.82, 2.24) is 4.90 Å². The smallest absolute Gasteiger partial charge is 0.0921 e. The van der Waals surface area contributed by atoms with Crippen LogP contribution in [-0.2, 0) is 23.4 Å². The molecule has 3 rings (SSSR count). The largest absolute Gasteiger partial charge is 0.385 e. The van der Waals surface area contributed by atoms with Crippen molar-refractivity contribution in [3.8, 4) is 0 Å². The van der Waals surface area contributed by atoms with E-state index in [4.69, 9.17) is 4.74 Å². The summed E-state index contributed by atoms with van der Waals surface area (Å²) in [6.07, 6.45) is 2.67. The van der Waals surface area contributed by atoms with Crippen molar-refractivity contribution in [2.24, 2.45) is 0 Å². The number of aliphatic hydroxyl groups is 1. The molecule has 0 bridgehead atoms. The predicted octanol–water partition coefficient (Wildman–Crippen LogP) is 2.06. The first-order valence-corrected chi connectivity index (χ1v) is 7.36. The molecular formula is C16H23NO2. The van der Waals surface area contributed by atoms with Gasteiger partial charge < -0.3 is 14.7 Å². The quantitative estimate of drug-likeness (QED) is 0.884. The molecule has 3 nitrogen and oxygen atoms in total. The normalized spacial score (nSPS) is 23.1. The minimum Gasteiger partial charge on any atom is -0.385 e. The molecule has 0 aromatic heterocycles. The van der Waals surface area contributed by atoms with Crippen LogP contribution in [0.3, 0.4) is 0 Å². The lowest BCUT2D eigenvalue weighted by Gasteiger charge is -2.38. The van der Waals surface area contributed by atoms with Crippen LogP contribution in [0.15, 0.2) is 18.2 Å². The maximum Gasteiger partial charge on any atom is 0.0921 e. The number of rotatable bonds is 2. The van der Waals surface area contributed by atoms with Crippen molar-refractivity contribution in [3.05, 3.63) is 34.9 Å². The molecule has 0 radical (unpaired) electrons. The van der Waals surface area contributed by atoms with E-state index in [-0.39, 0.29) is 0 Å². The first-order valence-electron chi connectivity index (χ1n) is 7.36. The predicted molar refractivity (Wildman–Crippen MR) is 75.0 cm³/mol. The monoisotopic (exact) mass is 261 g/mol. The van der Waals surface area contributed by atoms with Gasteiger partial charge in [0.25, 0.3) is 0 Å². The van der Waals surface area contributed by atoms with E-state index in [2.05, 4.69) is 30.0 Å². The van der Waals surface area contributed by atoms with Gasteiger partial charge in [0.2, 0.25) is 0 Å².